The highest BCUT2D eigenvalue weighted by molar-refractivity contribution is 5.85. The number of hydrogen-bond acceptors (Lipinski definition) is 8. The van der Waals surface area contributed by atoms with Crippen molar-refractivity contribution in [3.63, 3.8) is 0 Å². The van der Waals surface area contributed by atoms with Crippen molar-refractivity contribution in [3.05, 3.63) is 42.1 Å². The molecule has 0 radical (unpaired) electrons. The van der Waals surface area contributed by atoms with Crippen LogP contribution >= 0.6 is 12.4 Å². The SMILES string of the molecule is CCCCCCCC/C=C\CCCCCCCCCCCC(=O)OC[C@H]1O[C@@H]2[C@@H](Oc3nc(=N)ccn32)[C@@H]1OC(=O)CCCCCCCCCCC/C=C\CCCCCCCC.Cl. The van der Waals surface area contributed by atoms with Gasteiger partial charge in [0, 0.05) is 19.0 Å². The van der Waals surface area contributed by atoms with E-state index in [2.05, 4.69) is 43.1 Å². The average molecular weight is 903 g/mol. The van der Waals surface area contributed by atoms with Gasteiger partial charge in [0.1, 0.15) is 12.7 Å². The molecule has 63 heavy (non-hydrogen) atoms. The molecule has 1 N–H and O–H groups in total. The number of carbonyl (C=O) groups excluding carboxylic acids is 2. The molecule has 1 fully saturated rings. The molecule has 0 aliphatic carbocycles. The molecule has 0 spiro atoms. The van der Waals surface area contributed by atoms with Gasteiger partial charge >= 0.3 is 17.9 Å². The second-order valence-corrected chi connectivity index (χ2v) is 18.3. The van der Waals surface area contributed by atoms with Crippen LogP contribution in [-0.2, 0) is 23.8 Å². The number of ether oxygens (including phenoxy) is 4. The van der Waals surface area contributed by atoms with Gasteiger partial charge in [0.25, 0.3) is 0 Å². The molecule has 1 aromatic heterocycles. The molecule has 10 heteroatoms. The first-order chi connectivity index (χ1) is 30.5. The Morgan fingerprint density at radius 1 is 0.603 bits per heavy atom. The fourth-order valence-corrected chi connectivity index (χ4v) is 8.70. The molecule has 0 amide bonds. The van der Waals surface area contributed by atoms with E-state index in [0.717, 1.165) is 38.5 Å². The molecular weight excluding hydrogens is 810 g/mol. The molecule has 1 aromatic rings. The zero-order chi connectivity index (χ0) is 44.1. The van der Waals surface area contributed by atoms with E-state index in [9.17, 15) is 9.59 Å². The van der Waals surface area contributed by atoms with Crippen molar-refractivity contribution in [1.29, 1.82) is 5.41 Å². The summed E-state index contributed by atoms with van der Waals surface area (Å²) in [5.74, 6) is -0.543. The van der Waals surface area contributed by atoms with Crippen molar-refractivity contribution < 1.29 is 28.5 Å². The van der Waals surface area contributed by atoms with Crippen LogP contribution in [0.3, 0.4) is 0 Å². The zero-order valence-electron chi connectivity index (χ0n) is 40.2. The Kier molecular flexibility index (Phi) is 34.6. The highest BCUT2D eigenvalue weighted by Gasteiger charge is 2.54. The fraction of sp³-hybridized carbons (Fsp3) is 0.811. The molecule has 3 rings (SSSR count). The smallest absolute Gasteiger partial charge is 0.306 e. The van der Waals surface area contributed by atoms with Crippen LogP contribution in [0.4, 0.5) is 0 Å². The quantitative estimate of drug-likeness (QED) is 0.0395. The lowest BCUT2D eigenvalue weighted by Crippen LogP contribution is -2.40. The van der Waals surface area contributed by atoms with E-state index in [-0.39, 0.29) is 42.5 Å². The Hall–Kier alpha value is -2.65. The first-order valence-corrected chi connectivity index (χ1v) is 26.1. The third-order valence-electron chi connectivity index (χ3n) is 12.6. The van der Waals surface area contributed by atoms with Crippen molar-refractivity contribution in [2.75, 3.05) is 6.61 Å². The fourth-order valence-electron chi connectivity index (χ4n) is 8.70. The molecule has 9 nitrogen and oxygen atoms in total. The summed E-state index contributed by atoms with van der Waals surface area (Å²) in [5, 5.41) is 7.89. The predicted octanol–water partition coefficient (Wildman–Crippen LogP) is 15.1. The number of carbonyl (C=O) groups is 2. The summed E-state index contributed by atoms with van der Waals surface area (Å²) in [6.07, 6.45) is 52.0. The van der Waals surface area contributed by atoms with Gasteiger partial charge in [-0.2, -0.15) is 4.98 Å². The molecule has 0 aromatic carbocycles. The number of rotatable bonds is 41. The largest absolute Gasteiger partial charge is 0.463 e. The number of nitrogens with zero attached hydrogens (tertiary/aromatic N) is 2. The van der Waals surface area contributed by atoms with Crippen molar-refractivity contribution in [2.45, 2.75) is 270 Å². The van der Waals surface area contributed by atoms with E-state index in [1.54, 1.807) is 16.8 Å². The topological polar surface area (TPSA) is 113 Å². The lowest BCUT2D eigenvalue weighted by Gasteiger charge is -2.22. The summed E-state index contributed by atoms with van der Waals surface area (Å²) in [7, 11) is 0. The van der Waals surface area contributed by atoms with Crippen LogP contribution in [-0.4, -0.2) is 46.4 Å². The minimum absolute atomic E-state index is 0. The number of esters is 2. The molecule has 362 valence electrons. The summed E-state index contributed by atoms with van der Waals surface area (Å²) in [5.41, 5.74) is 0.0877. The molecule has 0 bridgehead atoms. The Morgan fingerprint density at radius 3 is 1.44 bits per heavy atom. The maximum atomic E-state index is 13.1. The molecule has 2 aliphatic rings. The Bertz CT molecular complexity index is 1400. The maximum Gasteiger partial charge on any atom is 0.306 e. The first-order valence-electron chi connectivity index (χ1n) is 26.1. The number of aromatic nitrogens is 2. The van der Waals surface area contributed by atoms with E-state index in [4.69, 9.17) is 24.4 Å². The summed E-state index contributed by atoms with van der Waals surface area (Å²) in [6, 6.07) is 1.84. The number of unbranched alkanes of at least 4 members (excludes halogenated alkanes) is 30. The third-order valence-corrected chi connectivity index (χ3v) is 12.6. The molecule has 0 unspecified atom stereocenters. The van der Waals surface area contributed by atoms with Crippen molar-refractivity contribution in [3.8, 4) is 6.01 Å². The van der Waals surface area contributed by atoms with E-state index >= 15 is 0 Å². The first kappa shape index (κ1) is 56.5. The summed E-state index contributed by atoms with van der Waals surface area (Å²) < 4.78 is 25.7. The highest BCUT2D eigenvalue weighted by Crippen LogP contribution is 2.40. The van der Waals surface area contributed by atoms with E-state index in [1.807, 2.05) is 0 Å². The van der Waals surface area contributed by atoms with Crippen LogP contribution in [0.25, 0.3) is 0 Å². The summed E-state index contributed by atoms with van der Waals surface area (Å²) in [4.78, 5) is 30.0. The van der Waals surface area contributed by atoms with Crippen molar-refractivity contribution in [2.24, 2.45) is 0 Å². The average Bonchev–Trinajstić information content (AvgIpc) is 3.79. The van der Waals surface area contributed by atoms with Crippen LogP contribution in [0, 0.1) is 5.41 Å². The summed E-state index contributed by atoms with van der Waals surface area (Å²) >= 11 is 0. The van der Waals surface area contributed by atoms with Crippen LogP contribution in [0.1, 0.15) is 251 Å². The number of allylic oxidation sites excluding steroid dienone is 4. The number of fused-ring (bicyclic) bond motifs is 3. The van der Waals surface area contributed by atoms with E-state index in [0.29, 0.717) is 12.8 Å². The summed E-state index contributed by atoms with van der Waals surface area (Å²) in [6.45, 7) is 4.54. The zero-order valence-corrected chi connectivity index (χ0v) is 41.0. The minimum Gasteiger partial charge on any atom is -0.463 e. The monoisotopic (exact) mass is 902 g/mol. The predicted molar refractivity (Wildman–Crippen MR) is 260 cm³/mol. The van der Waals surface area contributed by atoms with Gasteiger partial charge in [-0.25, -0.2) is 0 Å². The van der Waals surface area contributed by atoms with Crippen LogP contribution < -0.4 is 10.2 Å². The molecule has 3 heterocycles. The van der Waals surface area contributed by atoms with Gasteiger partial charge in [-0.05, 0) is 70.3 Å². The highest BCUT2D eigenvalue weighted by atomic mass is 35.5. The van der Waals surface area contributed by atoms with Gasteiger partial charge in [-0.3, -0.25) is 19.6 Å². The number of hydrogen-bond donors (Lipinski definition) is 1. The van der Waals surface area contributed by atoms with Gasteiger partial charge in [-0.15, -0.1) is 12.4 Å². The Labute approximate surface area is 390 Å². The van der Waals surface area contributed by atoms with Crippen LogP contribution in [0.15, 0.2) is 36.6 Å². The molecule has 0 saturated carbocycles. The minimum atomic E-state index is -0.738. The van der Waals surface area contributed by atoms with Gasteiger partial charge in [0.2, 0.25) is 0 Å². The van der Waals surface area contributed by atoms with Crippen molar-refractivity contribution >= 4 is 24.3 Å². The second-order valence-electron chi connectivity index (χ2n) is 18.3. The third kappa shape index (κ3) is 26.8. The number of nitrogens with one attached hydrogen (secondary N) is 1. The van der Waals surface area contributed by atoms with Crippen molar-refractivity contribution in [1.82, 2.24) is 9.55 Å². The lowest BCUT2D eigenvalue weighted by molar-refractivity contribution is -0.160. The van der Waals surface area contributed by atoms with Gasteiger partial charge < -0.3 is 18.9 Å². The molecule has 4 atom stereocenters. The Morgan fingerprint density at radius 2 is 1.00 bits per heavy atom. The standard InChI is InChI=1S/C53H91N3O6.ClH/c1-3-5-7-9-11-13-15-17-19-21-23-25-27-29-31-33-35-37-39-41-48(57)59-45-46-50(51-52(60-46)56-44-43-47(54)55-53(56)62-51)61-49(58)42-40-38-36-34-32-30-28-26-24-22-20-18-16-14-12-10-8-6-4-2;/h17-20,43-44,46,50-52,54H,3-16,21-42,45H2,1-2H3;1H/b19-17-,20-18-,54-47?;/t46-,50-,51+,52-;/m1./s1. The Balaban J connectivity index is 0.0000137. The van der Waals surface area contributed by atoms with E-state index in [1.165, 1.54) is 180 Å². The maximum absolute atomic E-state index is 13.1. The van der Waals surface area contributed by atoms with Gasteiger partial charge in [0.15, 0.2) is 23.9 Å². The number of halogens is 1. The van der Waals surface area contributed by atoms with E-state index < -0.39 is 24.5 Å². The van der Waals surface area contributed by atoms with Gasteiger partial charge in [-0.1, -0.05) is 192 Å². The molecule has 2 aliphatic heterocycles. The van der Waals surface area contributed by atoms with Gasteiger partial charge in [0.05, 0.1) is 0 Å². The van der Waals surface area contributed by atoms with Crippen LogP contribution in [0.5, 0.6) is 6.01 Å². The normalized spacial score (nSPS) is 17.8. The lowest BCUT2D eigenvalue weighted by atomic mass is 10.1. The van der Waals surface area contributed by atoms with Crippen LogP contribution in [0.2, 0.25) is 0 Å². The second kappa shape index (κ2) is 38.6. The molecular formula is C53H92ClN3O6. The molecule has 1 saturated heterocycles.